The highest BCUT2D eigenvalue weighted by molar-refractivity contribution is 5.90. The number of benzene rings is 1. The van der Waals surface area contributed by atoms with Gasteiger partial charge in [-0.2, -0.15) is 13.2 Å². The molecule has 1 unspecified atom stereocenters. The molecule has 0 saturated carbocycles. The van der Waals surface area contributed by atoms with E-state index < -0.39 is 48.5 Å². The van der Waals surface area contributed by atoms with E-state index in [9.17, 15) is 22.8 Å². The molecule has 0 aliphatic heterocycles. The van der Waals surface area contributed by atoms with Crippen molar-refractivity contribution in [1.29, 1.82) is 0 Å². The number of hydrogen-bond donors (Lipinski definition) is 3. The molecule has 1 rings (SSSR count). The van der Waals surface area contributed by atoms with Crippen molar-refractivity contribution >= 4 is 11.8 Å². The van der Waals surface area contributed by atoms with Crippen LogP contribution in [0.3, 0.4) is 0 Å². The van der Waals surface area contributed by atoms with Crippen LogP contribution in [0.25, 0.3) is 0 Å². The molecule has 1 aromatic rings. The minimum atomic E-state index is -4.42. The van der Waals surface area contributed by atoms with E-state index >= 15 is 0 Å². The molecule has 1 aromatic carbocycles. The van der Waals surface area contributed by atoms with Gasteiger partial charge in [-0.25, -0.2) is 0 Å². The fourth-order valence-electron chi connectivity index (χ4n) is 2.34. The van der Waals surface area contributed by atoms with E-state index in [4.69, 9.17) is 10.5 Å². The van der Waals surface area contributed by atoms with Gasteiger partial charge in [0.15, 0.2) is 0 Å². The summed E-state index contributed by atoms with van der Waals surface area (Å²) in [6.07, 6.45) is -5.58. The number of ether oxygens (including phenoxy) is 1. The number of alkyl halides is 3. The minimum Gasteiger partial charge on any atom is -0.497 e. The van der Waals surface area contributed by atoms with Crippen LogP contribution >= 0.6 is 0 Å². The highest BCUT2D eigenvalue weighted by atomic mass is 19.4. The zero-order valence-corrected chi connectivity index (χ0v) is 15.8. The molecule has 0 fully saturated rings. The lowest BCUT2D eigenvalue weighted by Crippen LogP contribution is -2.49. The fraction of sp³-hybridized carbons (Fsp3) is 0.556. The van der Waals surface area contributed by atoms with Gasteiger partial charge in [0.1, 0.15) is 11.8 Å². The third-order valence-corrected chi connectivity index (χ3v) is 4.00. The predicted octanol–water partition coefficient (Wildman–Crippen LogP) is 2.29. The van der Waals surface area contributed by atoms with E-state index in [1.54, 1.807) is 38.1 Å². The van der Waals surface area contributed by atoms with Crippen LogP contribution in [-0.4, -0.2) is 37.2 Å². The van der Waals surface area contributed by atoms with Crippen LogP contribution in [0.5, 0.6) is 5.75 Å². The van der Waals surface area contributed by atoms with Crippen LogP contribution in [0.2, 0.25) is 0 Å². The normalized spacial score (nSPS) is 15.0. The zero-order valence-electron chi connectivity index (χ0n) is 15.8. The standard InChI is InChI=1S/C18H26F3N3O3/c1-10(2)14(9-18(19,20)21)23-17(26)15(24-16(25)11(3)22)12-5-7-13(27-4)8-6-12/h5-8,10-11,14-15H,9,22H2,1-4H3,(H,23,26)(H,24,25)/t11-,14+,15?/m0/s1. The first kappa shape index (κ1) is 22.8. The Bertz CT molecular complexity index is 631. The van der Waals surface area contributed by atoms with Crippen molar-refractivity contribution < 1.29 is 27.5 Å². The first-order valence-corrected chi connectivity index (χ1v) is 8.51. The maximum atomic E-state index is 12.8. The van der Waals surface area contributed by atoms with Crippen molar-refractivity contribution in [2.75, 3.05) is 7.11 Å². The predicted molar refractivity (Wildman–Crippen MR) is 95.0 cm³/mol. The molecule has 0 saturated heterocycles. The molecule has 4 N–H and O–H groups in total. The molecule has 0 aromatic heterocycles. The van der Waals surface area contributed by atoms with Gasteiger partial charge in [0.25, 0.3) is 0 Å². The quantitative estimate of drug-likeness (QED) is 0.636. The molecular formula is C18H26F3N3O3. The first-order chi connectivity index (χ1) is 12.4. The number of amides is 2. The van der Waals surface area contributed by atoms with Gasteiger partial charge in [0.2, 0.25) is 11.8 Å². The maximum absolute atomic E-state index is 12.8. The molecule has 152 valence electrons. The van der Waals surface area contributed by atoms with E-state index in [0.29, 0.717) is 11.3 Å². The number of methoxy groups -OCH3 is 1. The van der Waals surface area contributed by atoms with Gasteiger partial charge in [-0.15, -0.1) is 0 Å². The van der Waals surface area contributed by atoms with Crippen molar-refractivity contribution in [2.45, 2.75) is 51.5 Å². The molecule has 2 amide bonds. The Morgan fingerprint density at radius 3 is 2.04 bits per heavy atom. The van der Waals surface area contributed by atoms with E-state index in [0.717, 1.165) is 0 Å². The molecule has 0 aliphatic rings. The van der Waals surface area contributed by atoms with Gasteiger partial charge in [-0.1, -0.05) is 26.0 Å². The van der Waals surface area contributed by atoms with Gasteiger partial charge in [-0.05, 0) is 30.5 Å². The van der Waals surface area contributed by atoms with Gasteiger partial charge < -0.3 is 21.1 Å². The first-order valence-electron chi connectivity index (χ1n) is 8.51. The van der Waals surface area contributed by atoms with Gasteiger partial charge in [-0.3, -0.25) is 9.59 Å². The van der Waals surface area contributed by atoms with Crippen LogP contribution in [0, 0.1) is 5.92 Å². The van der Waals surface area contributed by atoms with Crippen molar-refractivity contribution in [1.82, 2.24) is 10.6 Å². The summed E-state index contributed by atoms with van der Waals surface area (Å²) in [5.74, 6) is -1.25. The molecule has 0 radical (unpaired) electrons. The number of carbonyl (C=O) groups excluding carboxylic acids is 2. The molecule has 0 bridgehead atoms. The Kier molecular flexibility index (Phi) is 8.08. The summed E-state index contributed by atoms with van der Waals surface area (Å²) < 4.78 is 43.4. The van der Waals surface area contributed by atoms with E-state index in [2.05, 4.69) is 10.6 Å². The summed E-state index contributed by atoms with van der Waals surface area (Å²) in [5.41, 5.74) is 5.93. The topological polar surface area (TPSA) is 93.4 Å². The van der Waals surface area contributed by atoms with Crippen molar-refractivity contribution in [3.8, 4) is 5.75 Å². The minimum absolute atomic E-state index is 0.400. The van der Waals surface area contributed by atoms with Crippen molar-refractivity contribution in [3.63, 3.8) is 0 Å². The summed E-state index contributed by atoms with van der Waals surface area (Å²) in [6, 6.07) is 3.10. The largest absolute Gasteiger partial charge is 0.497 e. The molecule has 9 heteroatoms. The molecule has 0 aliphatic carbocycles. The Morgan fingerprint density at radius 2 is 1.63 bits per heavy atom. The van der Waals surface area contributed by atoms with Gasteiger partial charge in [0, 0.05) is 6.04 Å². The number of nitrogens with two attached hydrogens (primary N) is 1. The second kappa shape index (κ2) is 9.59. The lowest BCUT2D eigenvalue weighted by molar-refractivity contribution is -0.145. The SMILES string of the molecule is COc1ccc(C(NC(=O)[C@H](C)N)C(=O)N[C@H](CC(F)(F)F)C(C)C)cc1. The second-order valence-corrected chi connectivity index (χ2v) is 6.68. The average Bonchev–Trinajstić information content (AvgIpc) is 2.57. The lowest BCUT2D eigenvalue weighted by atomic mass is 9.98. The van der Waals surface area contributed by atoms with E-state index in [1.807, 2.05) is 0 Å². The number of rotatable bonds is 8. The lowest BCUT2D eigenvalue weighted by Gasteiger charge is -2.27. The molecule has 27 heavy (non-hydrogen) atoms. The third-order valence-electron chi connectivity index (χ3n) is 4.00. The third kappa shape index (κ3) is 7.46. The molecule has 0 heterocycles. The monoisotopic (exact) mass is 389 g/mol. The van der Waals surface area contributed by atoms with Gasteiger partial charge in [0.05, 0.1) is 19.6 Å². The van der Waals surface area contributed by atoms with Gasteiger partial charge >= 0.3 is 6.18 Å². The summed E-state index contributed by atoms with van der Waals surface area (Å²) in [4.78, 5) is 24.7. The number of carbonyl (C=O) groups is 2. The summed E-state index contributed by atoms with van der Waals surface area (Å²) >= 11 is 0. The Morgan fingerprint density at radius 1 is 1.07 bits per heavy atom. The highest BCUT2D eigenvalue weighted by Crippen LogP contribution is 2.25. The van der Waals surface area contributed by atoms with Crippen molar-refractivity contribution in [3.05, 3.63) is 29.8 Å². The second-order valence-electron chi connectivity index (χ2n) is 6.68. The maximum Gasteiger partial charge on any atom is 0.391 e. The fourth-order valence-corrected chi connectivity index (χ4v) is 2.34. The molecule has 0 spiro atoms. The Balaban J connectivity index is 3.08. The molecule has 3 atom stereocenters. The Labute approximate surface area is 156 Å². The summed E-state index contributed by atoms with van der Waals surface area (Å²) in [5, 5.41) is 4.88. The smallest absolute Gasteiger partial charge is 0.391 e. The van der Waals surface area contributed by atoms with Crippen molar-refractivity contribution in [2.24, 2.45) is 11.7 Å². The van der Waals surface area contributed by atoms with E-state index in [-0.39, 0.29) is 0 Å². The number of nitrogens with one attached hydrogen (secondary N) is 2. The summed E-state index contributed by atoms with van der Waals surface area (Å²) in [7, 11) is 1.47. The number of hydrogen-bond acceptors (Lipinski definition) is 4. The number of halogens is 3. The van der Waals surface area contributed by atoms with Crippen LogP contribution < -0.4 is 21.1 Å². The average molecular weight is 389 g/mol. The highest BCUT2D eigenvalue weighted by Gasteiger charge is 2.35. The van der Waals surface area contributed by atoms with E-state index in [1.165, 1.54) is 14.0 Å². The van der Waals surface area contributed by atoms with Crippen LogP contribution in [0.4, 0.5) is 13.2 Å². The molecule has 6 nitrogen and oxygen atoms in total. The molecular weight excluding hydrogens is 363 g/mol. The zero-order chi connectivity index (χ0) is 20.8. The van der Waals surface area contributed by atoms with Crippen LogP contribution in [-0.2, 0) is 9.59 Å². The summed E-state index contributed by atoms with van der Waals surface area (Å²) in [6.45, 7) is 4.61. The van der Waals surface area contributed by atoms with Crippen LogP contribution in [0.15, 0.2) is 24.3 Å². The van der Waals surface area contributed by atoms with Crippen LogP contribution in [0.1, 0.15) is 38.8 Å². The Hall–Kier alpha value is -2.29.